The van der Waals surface area contributed by atoms with Crippen LogP contribution in [0.15, 0.2) is 0 Å². The minimum Gasteiger partial charge on any atom is -0.356 e. The van der Waals surface area contributed by atoms with E-state index < -0.39 is 0 Å². The second-order valence-corrected chi connectivity index (χ2v) is 7.50. The molecule has 3 heterocycles. The third kappa shape index (κ3) is 5.31. The van der Waals surface area contributed by atoms with E-state index in [2.05, 4.69) is 15.5 Å². The van der Waals surface area contributed by atoms with Crippen molar-refractivity contribution >= 4 is 11.9 Å². The first-order valence-corrected chi connectivity index (χ1v) is 9.98. The largest absolute Gasteiger partial charge is 0.356 e. The smallest absolute Gasteiger partial charge is 0.320 e. The number of carbonyl (C=O) groups is 2. The van der Waals surface area contributed by atoms with Crippen molar-refractivity contribution in [2.75, 3.05) is 65.4 Å². The maximum absolute atomic E-state index is 12.5. The summed E-state index contributed by atoms with van der Waals surface area (Å²) in [4.78, 5) is 31.2. The Kier molecular flexibility index (Phi) is 6.93. The van der Waals surface area contributed by atoms with Crippen LogP contribution in [0.3, 0.4) is 0 Å². The fraction of sp³-hybridized carbons (Fsp3) is 0.889. The lowest BCUT2D eigenvalue weighted by molar-refractivity contribution is -0.126. The molecule has 1 unspecified atom stereocenters. The molecule has 0 aromatic heterocycles. The molecule has 0 radical (unpaired) electrons. The van der Waals surface area contributed by atoms with Crippen molar-refractivity contribution in [2.24, 2.45) is 5.92 Å². The number of piperazine rings is 1. The minimum atomic E-state index is -0.0421. The van der Waals surface area contributed by atoms with Crippen molar-refractivity contribution in [2.45, 2.75) is 32.1 Å². The third-order valence-corrected chi connectivity index (χ3v) is 5.60. The topological polar surface area (TPSA) is 67.9 Å². The number of nitrogens with one attached hydrogen (secondary N) is 2. The number of urea groups is 1. The second kappa shape index (κ2) is 9.38. The zero-order chi connectivity index (χ0) is 17.5. The molecule has 3 fully saturated rings. The predicted molar refractivity (Wildman–Crippen MR) is 97.4 cm³/mol. The van der Waals surface area contributed by atoms with Crippen LogP contribution in [0.5, 0.6) is 0 Å². The lowest BCUT2D eigenvalue weighted by Crippen LogP contribution is -2.49. The first kappa shape index (κ1) is 18.5. The van der Waals surface area contributed by atoms with Gasteiger partial charge < -0.3 is 25.3 Å². The van der Waals surface area contributed by atoms with Crippen LogP contribution >= 0.6 is 0 Å². The summed E-state index contributed by atoms with van der Waals surface area (Å²) in [6, 6.07) is 0.133. The molecule has 0 bridgehead atoms. The molecule has 3 aliphatic heterocycles. The summed E-state index contributed by atoms with van der Waals surface area (Å²) >= 11 is 0. The Hall–Kier alpha value is -1.34. The molecule has 7 heteroatoms. The lowest BCUT2D eigenvalue weighted by atomic mass is 9.97. The Morgan fingerprint density at radius 3 is 2.44 bits per heavy atom. The van der Waals surface area contributed by atoms with Crippen LogP contribution in [-0.2, 0) is 4.79 Å². The SMILES string of the molecule is O=C(NCCCN1CCNCC1)C1CCCN(C(=O)N2CCCC2)C1. The van der Waals surface area contributed by atoms with E-state index in [1.807, 2.05) is 9.80 Å². The third-order valence-electron chi connectivity index (χ3n) is 5.60. The molecule has 25 heavy (non-hydrogen) atoms. The molecule has 3 saturated heterocycles. The average molecular weight is 351 g/mol. The zero-order valence-corrected chi connectivity index (χ0v) is 15.3. The van der Waals surface area contributed by atoms with Gasteiger partial charge in [0, 0.05) is 58.9 Å². The maximum atomic E-state index is 12.5. The van der Waals surface area contributed by atoms with Gasteiger partial charge in [-0.1, -0.05) is 0 Å². The van der Waals surface area contributed by atoms with Gasteiger partial charge >= 0.3 is 6.03 Å². The summed E-state index contributed by atoms with van der Waals surface area (Å²) in [5.74, 6) is 0.0822. The van der Waals surface area contributed by atoms with E-state index >= 15 is 0 Å². The van der Waals surface area contributed by atoms with E-state index in [9.17, 15) is 9.59 Å². The molecule has 3 rings (SSSR count). The fourth-order valence-corrected chi connectivity index (χ4v) is 4.07. The summed E-state index contributed by atoms with van der Waals surface area (Å²) in [6.07, 6.45) is 5.04. The summed E-state index contributed by atoms with van der Waals surface area (Å²) in [5, 5.41) is 6.44. The molecule has 0 aromatic carbocycles. The highest BCUT2D eigenvalue weighted by molar-refractivity contribution is 5.81. The van der Waals surface area contributed by atoms with Crippen molar-refractivity contribution in [3.05, 3.63) is 0 Å². The van der Waals surface area contributed by atoms with Gasteiger partial charge in [-0.05, 0) is 38.6 Å². The normalized spacial score (nSPS) is 25.2. The highest BCUT2D eigenvalue weighted by atomic mass is 16.2. The molecule has 3 aliphatic rings. The van der Waals surface area contributed by atoms with Crippen LogP contribution in [0.2, 0.25) is 0 Å². The Balaban J connectivity index is 1.35. The van der Waals surface area contributed by atoms with E-state index in [0.29, 0.717) is 6.54 Å². The standard InChI is InChI=1S/C18H33N5O2/c24-17(20-6-4-9-21-13-7-19-8-14-21)16-5-3-12-23(15-16)18(25)22-10-1-2-11-22/h16,19H,1-15H2,(H,20,24). The maximum Gasteiger partial charge on any atom is 0.320 e. The number of nitrogens with zero attached hydrogens (tertiary/aromatic N) is 3. The number of carbonyl (C=O) groups excluding carboxylic acids is 2. The molecule has 3 amide bonds. The Bertz CT molecular complexity index is 447. The van der Waals surface area contributed by atoms with Crippen molar-refractivity contribution in [3.8, 4) is 0 Å². The van der Waals surface area contributed by atoms with Gasteiger partial charge in [-0.25, -0.2) is 4.79 Å². The van der Waals surface area contributed by atoms with Crippen LogP contribution in [0.1, 0.15) is 32.1 Å². The van der Waals surface area contributed by atoms with Crippen molar-refractivity contribution in [1.29, 1.82) is 0 Å². The van der Waals surface area contributed by atoms with Gasteiger partial charge in [0.15, 0.2) is 0 Å². The number of hydrogen-bond acceptors (Lipinski definition) is 4. The minimum absolute atomic E-state index is 0.0421. The van der Waals surface area contributed by atoms with Crippen LogP contribution in [0, 0.1) is 5.92 Å². The number of likely N-dealkylation sites (tertiary alicyclic amines) is 2. The molecule has 0 saturated carbocycles. The monoisotopic (exact) mass is 351 g/mol. The summed E-state index contributed by atoms with van der Waals surface area (Å²) in [7, 11) is 0. The lowest BCUT2D eigenvalue weighted by Gasteiger charge is -2.34. The highest BCUT2D eigenvalue weighted by Gasteiger charge is 2.31. The van der Waals surface area contributed by atoms with Gasteiger partial charge in [0.25, 0.3) is 0 Å². The Morgan fingerprint density at radius 2 is 1.68 bits per heavy atom. The van der Waals surface area contributed by atoms with Crippen LogP contribution < -0.4 is 10.6 Å². The number of hydrogen-bond donors (Lipinski definition) is 2. The van der Waals surface area contributed by atoms with E-state index in [1.54, 1.807) is 0 Å². The first-order chi connectivity index (χ1) is 12.2. The summed E-state index contributed by atoms with van der Waals surface area (Å²) in [6.45, 7) is 9.24. The van der Waals surface area contributed by atoms with Crippen molar-refractivity contribution in [3.63, 3.8) is 0 Å². The molecule has 1 atom stereocenters. The highest BCUT2D eigenvalue weighted by Crippen LogP contribution is 2.19. The molecule has 142 valence electrons. The predicted octanol–water partition coefficient (Wildman–Crippen LogP) is 0.326. The Labute approximate surface area is 151 Å². The van der Waals surface area contributed by atoms with Crippen LogP contribution in [0.25, 0.3) is 0 Å². The second-order valence-electron chi connectivity index (χ2n) is 7.50. The molecular weight excluding hydrogens is 318 g/mol. The molecule has 2 N–H and O–H groups in total. The molecular formula is C18H33N5O2. The molecule has 0 aliphatic carbocycles. The fourth-order valence-electron chi connectivity index (χ4n) is 4.07. The van der Waals surface area contributed by atoms with Gasteiger partial charge in [0.05, 0.1) is 5.92 Å². The first-order valence-electron chi connectivity index (χ1n) is 9.98. The van der Waals surface area contributed by atoms with E-state index in [-0.39, 0.29) is 17.9 Å². The van der Waals surface area contributed by atoms with E-state index in [0.717, 1.165) is 91.0 Å². The number of amides is 3. The van der Waals surface area contributed by atoms with Crippen molar-refractivity contribution < 1.29 is 9.59 Å². The zero-order valence-electron chi connectivity index (χ0n) is 15.3. The molecule has 0 spiro atoms. The summed E-state index contributed by atoms with van der Waals surface area (Å²) in [5.41, 5.74) is 0. The summed E-state index contributed by atoms with van der Waals surface area (Å²) < 4.78 is 0. The van der Waals surface area contributed by atoms with Gasteiger partial charge in [-0.2, -0.15) is 0 Å². The van der Waals surface area contributed by atoms with Crippen LogP contribution in [0.4, 0.5) is 4.79 Å². The van der Waals surface area contributed by atoms with E-state index in [4.69, 9.17) is 0 Å². The van der Waals surface area contributed by atoms with Crippen molar-refractivity contribution in [1.82, 2.24) is 25.3 Å². The number of rotatable bonds is 5. The molecule has 0 aromatic rings. The molecule has 7 nitrogen and oxygen atoms in total. The van der Waals surface area contributed by atoms with Crippen LogP contribution in [-0.4, -0.2) is 92.1 Å². The number of piperidine rings is 1. The average Bonchev–Trinajstić information content (AvgIpc) is 3.20. The van der Waals surface area contributed by atoms with Gasteiger partial charge in [-0.15, -0.1) is 0 Å². The van der Waals surface area contributed by atoms with Gasteiger partial charge in [0.2, 0.25) is 5.91 Å². The van der Waals surface area contributed by atoms with E-state index in [1.165, 1.54) is 0 Å². The Morgan fingerprint density at radius 1 is 0.960 bits per heavy atom. The van der Waals surface area contributed by atoms with Gasteiger partial charge in [0.1, 0.15) is 0 Å². The van der Waals surface area contributed by atoms with Gasteiger partial charge in [-0.3, -0.25) is 4.79 Å². The quantitative estimate of drug-likeness (QED) is 0.701.